The first-order valence-corrected chi connectivity index (χ1v) is 8.33. The summed E-state index contributed by atoms with van der Waals surface area (Å²) in [5.74, 6) is -1.76. The molecule has 1 saturated heterocycles. The zero-order valence-electron chi connectivity index (χ0n) is 13.8. The predicted molar refractivity (Wildman–Crippen MR) is 85.8 cm³/mol. The first kappa shape index (κ1) is 16.0. The lowest BCUT2D eigenvalue weighted by Crippen LogP contribution is -2.65. The number of nitriles is 1. The molecule has 7 heteroatoms. The Morgan fingerprint density at radius 3 is 2.88 bits per heavy atom. The second-order valence-electron chi connectivity index (χ2n) is 6.95. The molecular formula is C18H18F2N4O. The Labute approximate surface area is 144 Å². The van der Waals surface area contributed by atoms with Gasteiger partial charge in [-0.05, 0) is 30.5 Å². The first-order valence-electron chi connectivity index (χ1n) is 8.33. The van der Waals surface area contributed by atoms with E-state index in [0.29, 0.717) is 24.2 Å². The molecule has 2 fully saturated rings. The highest BCUT2D eigenvalue weighted by atomic mass is 19.2. The summed E-state index contributed by atoms with van der Waals surface area (Å²) in [7, 11) is 1.84. The Morgan fingerprint density at radius 1 is 1.36 bits per heavy atom. The molecule has 4 rings (SSSR count). The minimum Gasteiger partial charge on any atom is -0.375 e. The van der Waals surface area contributed by atoms with E-state index in [1.54, 1.807) is 11.1 Å². The quantitative estimate of drug-likeness (QED) is 0.845. The fraction of sp³-hybridized carbons (Fsp3) is 0.444. The topological polar surface area (TPSA) is 59.4 Å². The zero-order chi connectivity index (χ0) is 17.8. The van der Waals surface area contributed by atoms with Gasteiger partial charge in [-0.15, -0.1) is 0 Å². The largest absolute Gasteiger partial charge is 0.375 e. The fourth-order valence-corrected chi connectivity index (χ4v) is 4.47. The van der Waals surface area contributed by atoms with Gasteiger partial charge in [0.05, 0.1) is 0 Å². The Bertz CT molecular complexity index is 818. The number of carbonyl (C=O) groups is 1. The number of halogens is 2. The molecule has 3 atom stereocenters. The molecule has 0 radical (unpaired) electrons. The number of ketones is 1. The van der Waals surface area contributed by atoms with Crippen molar-refractivity contribution in [1.82, 2.24) is 15.1 Å². The van der Waals surface area contributed by atoms with Crippen LogP contribution in [0, 0.1) is 23.0 Å². The third-order valence-electron chi connectivity index (χ3n) is 5.47. The van der Waals surface area contributed by atoms with Crippen LogP contribution in [0.1, 0.15) is 31.0 Å². The third-order valence-corrected chi connectivity index (χ3v) is 5.47. The molecule has 1 aromatic rings. The Kier molecular flexibility index (Phi) is 3.55. The Morgan fingerprint density at radius 2 is 2.16 bits per heavy atom. The highest BCUT2D eigenvalue weighted by Crippen LogP contribution is 2.47. The minimum absolute atomic E-state index is 0.0917. The van der Waals surface area contributed by atoms with E-state index in [9.17, 15) is 18.8 Å². The van der Waals surface area contributed by atoms with Crippen LogP contribution >= 0.6 is 0 Å². The molecule has 0 aromatic heterocycles. The summed E-state index contributed by atoms with van der Waals surface area (Å²) in [6.45, 7) is 0.467. The van der Waals surface area contributed by atoms with Crippen LogP contribution in [0.2, 0.25) is 0 Å². The number of nitrogens with zero attached hydrogens (tertiary/aromatic N) is 3. The minimum atomic E-state index is -0.939. The van der Waals surface area contributed by atoms with Crippen molar-refractivity contribution in [3.63, 3.8) is 0 Å². The van der Waals surface area contributed by atoms with E-state index in [2.05, 4.69) is 11.4 Å². The van der Waals surface area contributed by atoms with Crippen molar-refractivity contribution in [2.24, 2.45) is 0 Å². The van der Waals surface area contributed by atoms with Gasteiger partial charge in [0.15, 0.2) is 17.4 Å². The molecule has 1 saturated carbocycles. The van der Waals surface area contributed by atoms with Crippen LogP contribution in [0.15, 0.2) is 30.1 Å². The maximum atomic E-state index is 13.8. The molecule has 3 unspecified atom stereocenters. The molecule has 130 valence electrons. The maximum absolute atomic E-state index is 13.8. The van der Waals surface area contributed by atoms with Crippen molar-refractivity contribution in [2.45, 2.75) is 37.0 Å². The van der Waals surface area contributed by atoms with Crippen LogP contribution in [0.3, 0.4) is 0 Å². The Hall–Kier alpha value is -2.46. The normalized spacial score (nSPS) is 31.3. The second kappa shape index (κ2) is 5.53. The van der Waals surface area contributed by atoms with E-state index in [1.807, 2.05) is 11.9 Å². The molecule has 1 spiro atoms. The van der Waals surface area contributed by atoms with Gasteiger partial charge in [-0.3, -0.25) is 10.1 Å². The summed E-state index contributed by atoms with van der Waals surface area (Å²) < 4.78 is 27.1. The lowest BCUT2D eigenvalue weighted by Gasteiger charge is -2.49. The number of hydrogen-bond acceptors (Lipinski definition) is 5. The van der Waals surface area contributed by atoms with Crippen molar-refractivity contribution in [2.75, 3.05) is 13.6 Å². The number of rotatable bonds is 1. The Balaban J connectivity index is 1.87. The molecule has 0 bridgehead atoms. The van der Waals surface area contributed by atoms with Crippen molar-refractivity contribution in [1.29, 1.82) is 5.26 Å². The van der Waals surface area contributed by atoms with Crippen LogP contribution in [0.5, 0.6) is 0 Å². The van der Waals surface area contributed by atoms with Gasteiger partial charge in [0, 0.05) is 32.3 Å². The number of hydrogen-bond donors (Lipinski definition) is 1. The molecule has 1 N–H and O–H groups in total. The van der Waals surface area contributed by atoms with Gasteiger partial charge in [-0.1, -0.05) is 6.07 Å². The number of carbonyl (C=O) groups excluding carboxylic acids is 1. The number of Topliss-reactive ketones (excluding diaryl/α,β-unsaturated/α-hetero) is 1. The van der Waals surface area contributed by atoms with E-state index in [-0.39, 0.29) is 11.8 Å². The van der Waals surface area contributed by atoms with Crippen molar-refractivity contribution in [3.8, 4) is 6.07 Å². The van der Waals surface area contributed by atoms with Crippen molar-refractivity contribution < 1.29 is 13.6 Å². The molecule has 1 aliphatic carbocycles. The van der Waals surface area contributed by atoms with Gasteiger partial charge in [0.1, 0.15) is 23.5 Å². The van der Waals surface area contributed by atoms with Gasteiger partial charge in [0.25, 0.3) is 0 Å². The summed E-state index contributed by atoms with van der Waals surface area (Å²) in [6, 6.07) is 5.74. The average Bonchev–Trinajstić information content (AvgIpc) is 2.93. The van der Waals surface area contributed by atoms with E-state index in [1.165, 1.54) is 6.07 Å². The highest BCUT2D eigenvalue weighted by molar-refractivity contribution is 5.92. The second-order valence-corrected chi connectivity index (χ2v) is 6.95. The molecule has 2 heterocycles. The van der Waals surface area contributed by atoms with Gasteiger partial charge in [-0.2, -0.15) is 5.26 Å². The number of benzene rings is 1. The van der Waals surface area contributed by atoms with Crippen LogP contribution in [-0.4, -0.2) is 40.8 Å². The monoisotopic (exact) mass is 344 g/mol. The third kappa shape index (κ3) is 2.17. The molecular weight excluding hydrogens is 326 g/mol. The van der Waals surface area contributed by atoms with E-state index < -0.39 is 23.3 Å². The maximum Gasteiger partial charge on any atom is 0.161 e. The SMILES string of the molecule is CN1C=C(C#N)N2C(c3ccc(F)c(F)c3)NC3CCCC(=O)C32C1. The smallest absolute Gasteiger partial charge is 0.161 e. The van der Waals surface area contributed by atoms with Gasteiger partial charge in [0.2, 0.25) is 0 Å². The zero-order valence-corrected chi connectivity index (χ0v) is 13.8. The summed E-state index contributed by atoms with van der Waals surface area (Å²) >= 11 is 0. The van der Waals surface area contributed by atoms with Gasteiger partial charge >= 0.3 is 0 Å². The molecule has 5 nitrogen and oxygen atoms in total. The molecule has 25 heavy (non-hydrogen) atoms. The van der Waals surface area contributed by atoms with E-state index in [0.717, 1.165) is 25.0 Å². The standard InChI is InChI=1S/C18H18F2N4O/c1-23-9-12(8-21)24-17(11-5-6-13(19)14(20)7-11)22-15-3-2-4-16(25)18(15,24)10-23/h5-7,9,15,17,22H,2-4,10H2,1H3. The number of nitrogens with one attached hydrogen (secondary N) is 1. The van der Waals surface area contributed by atoms with Crippen LogP contribution in [-0.2, 0) is 4.79 Å². The first-order chi connectivity index (χ1) is 12.0. The molecule has 1 aromatic carbocycles. The van der Waals surface area contributed by atoms with Crippen molar-refractivity contribution >= 4 is 5.78 Å². The predicted octanol–water partition coefficient (Wildman–Crippen LogP) is 2.04. The molecule has 0 amide bonds. The van der Waals surface area contributed by atoms with Crippen LogP contribution < -0.4 is 5.32 Å². The van der Waals surface area contributed by atoms with E-state index >= 15 is 0 Å². The average molecular weight is 344 g/mol. The summed E-state index contributed by atoms with van der Waals surface area (Å²) in [5.41, 5.74) is 0.0161. The lowest BCUT2D eigenvalue weighted by molar-refractivity contribution is -0.133. The van der Waals surface area contributed by atoms with Crippen LogP contribution in [0.25, 0.3) is 0 Å². The van der Waals surface area contributed by atoms with E-state index in [4.69, 9.17) is 0 Å². The molecule has 2 aliphatic heterocycles. The van der Waals surface area contributed by atoms with Gasteiger partial charge < -0.3 is 9.80 Å². The summed E-state index contributed by atoms with van der Waals surface area (Å²) in [6.07, 6.45) is 3.21. The van der Waals surface area contributed by atoms with Gasteiger partial charge in [-0.25, -0.2) is 8.78 Å². The highest BCUT2D eigenvalue weighted by Gasteiger charge is 2.61. The fourth-order valence-electron chi connectivity index (χ4n) is 4.47. The number of likely N-dealkylation sites (N-methyl/N-ethyl adjacent to an activating group) is 1. The molecule has 3 aliphatic rings. The van der Waals surface area contributed by atoms with Crippen LogP contribution in [0.4, 0.5) is 8.78 Å². The van der Waals surface area contributed by atoms with Crippen molar-refractivity contribution in [3.05, 3.63) is 47.3 Å². The summed E-state index contributed by atoms with van der Waals surface area (Å²) in [5, 5.41) is 13.0. The lowest BCUT2D eigenvalue weighted by atomic mass is 9.75. The summed E-state index contributed by atoms with van der Waals surface area (Å²) in [4.78, 5) is 16.6. The number of allylic oxidation sites excluding steroid dienone is 1.